The molecule has 1 saturated heterocycles. The maximum atomic E-state index is 5.22. The van der Waals surface area contributed by atoms with Gasteiger partial charge in [-0.25, -0.2) is 0 Å². The largest absolute Gasteiger partial charge is 0.381 e. The predicted octanol–water partition coefficient (Wildman–Crippen LogP) is 1.68. The van der Waals surface area contributed by atoms with Gasteiger partial charge in [-0.1, -0.05) is 13.8 Å². The van der Waals surface area contributed by atoms with Gasteiger partial charge in [0.1, 0.15) is 0 Å². The fraction of sp³-hybridized carbons (Fsp3) is 1.00. The van der Waals surface area contributed by atoms with E-state index in [0.29, 0.717) is 0 Å². The quantitative estimate of drug-likeness (QED) is 0.504. The predicted molar refractivity (Wildman–Crippen MR) is 33.8 cm³/mol. The molecular formula is C7H14O. The third-order valence-electron chi connectivity index (χ3n) is 1.91. The Morgan fingerprint density at radius 1 is 1.50 bits per heavy atom. The molecule has 0 aliphatic carbocycles. The van der Waals surface area contributed by atoms with Crippen LogP contribution in [0.4, 0.5) is 0 Å². The van der Waals surface area contributed by atoms with E-state index in [2.05, 4.69) is 13.8 Å². The zero-order valence-corrected chi connectivity index (χ0v) is 5.68. The molecule has 8 heavy (non-hydrogen) atoms. The first-order valence-corrected chi connectivity index (χ1v) is 3.38. The van der Waals surface area contributed by atoms with Crippen molar-refractivity contribution >= 4 is 0 Å². The summed E-state index contributed by atoms with van der Waals surface area (Å²) in [5.41, 5.74) is 0. The molecule has 1 aliphatic heterocycles. The van der Waals surface area contributed by atoms with Crippen LogP contribution in [0.5, 0.6) is 0 Å². The van der Waals surface area contributed by atoms with Crippen LogP contribution in [0.1, 0.15) is 20.3 Å². The molecule has 0 aromatic rings. The van der Waals surface area contributed by atoms with Crippen molar-refractivity contribution in [2.24, 2.45) is 11.8 Å². The van der Waals surface area contributed by atoms with E-state index in [1.54, 1.807) is 0 Å². The molecule has 0 saturated carbocycles. The number of ether oxygens (including phenoxy) is 1. The number of hydrogen-bond acceptors (Lipinski definition) is 1. The molecule has 1 aliphatic rings. The van der Waals surface area contributed by atoms with Gasteiger partial charge in [0.05, 0.1) is 0 Å². The molecule has 0 bridgehead atoms. The Labute approximate surface area is 51.0 Å². The van der Waals surface area contributed by atoms with Crippen LogP contribution in [0.2, 0.25) is 0 Å². The van der Waals surface area contributed by atoms with E-state index in [1.165, 1.54) is 6.42 Å². The summed E-state index contributed by atoms with van der Waals surface area (Å²) in [5, 5.41) is 0. The highest BCUT2D eigenvalue weighted by molar-refractivity contribution is 4.66. The van der Waals surface area contributed by atoms with Crippen LogP contribution < -0.4 is 0 Å². The maximum Gasteiger partial charge on any atom is 0.0497 e. The molecule has 1 heterocycles. The molecule has 48 valence electrons. The molecule has 0 spiro atoms. The van der Waals surface area contributed by atoms with Crippen molar-refractivity contribution in [1.29, 1.82) is 0 Å². The molecule has 1 nitrogen and oxygen atoms in total. The molecule has 1 fully saturated rings. The minimum atomic E-state index is 0.817. The van der Waals surface area contributed by atoms with Crippen molar-refractivity contribution < 1.29 is 4.74 Å². The van der Waals surface area contributed by atoms with Gasteiger partial charge in [0, 0.05) is 13.2 Å². The van der Waals surface area contributed by atoms with E-state index in [-0.39, 0.29) is 0 Å². The van der Waals surface area contributed by atoms with Crippen LogP contribution >= 0.6 is 0 Å². The fourth-order valence-corrected chi connectivity index (χ4v) is 1.08. The molecule has 1 atom stereocenters. The Kier molecular flexibility index (Phi) is 1.90. The Bertz CT molecular complexity index is 62.8. The van der Waals surface area contributed by atoms with E-state index in [4.69, 9.17) is 4.74 Å². The van der Waals surface area contributed by atoms with Crippen LogP contribution in [-0.4, -0.2) is 13.2 Å². The topological polar surface area (TPSA) is 9.23 Å². The van der Waals surface area contributed by atoms with Gasteiger partial charge in [-0.2, -0.15) is 0 Å². The Hall–Kier alpha value is -0.0400. The van der Waals surface area contributed by atoms with Crippen molar-refractivity contribution in [2.75, 3.05) is 13.2 Å². The lowest BCUT2D eigenvalue weighted by Crippen LogP contribution is -2.06. The Morgan fingerprint density at radius 3 is 2.50 bits per heavy atom. The Balaban J connectivity index is 2.24. The van der Waals surface area contributed by atoms with Crippen molar-refractivity contribution in [1.82, 2.24) is 0 Å². The van der Waals surface area contributed by atoms with E-state index in [0.717, 1.165) is 25.0 Å². The second-order valence-electron chi connectivity index (χ2n) is 2.87. The van der Waals surface area contributed by atoms with E-state index >= 15 is 0 Å². The normalized spacial score (nSPS) is 29.6. The van der Waals surface area contributed by atoms with Crippen LogP contribution in [-0.2, 0) is 4.74 Å². The second-order valence-corrected chi connectivity index (χ2v) is 2.87. The van der Waals surface area contributed by atoms with Crippen LogP contribution in [0.25, 0.3) is 0 Å². The first-order valence-electron chi connectivity index (χ1n) is 3.38. The molecule has 0 aromatic heterocycles. The zero-order chi connectivity index (χ0) is 5.98. The minimum absolute atomic E-state index is 0.817. The van der Waals surface area contributed by atoms with E-state index in [9.17, 15) is 0 Å². The van der Waals surface area contributed by atoms with Crippen molar-refractivity contribution in [3.8, 4) is 0 Å². The van der Waals surface area contributed by atoms with Crippen molar-refractivity contribution in [3.05, 3.63) is 0 Å². The van der Waals surface area contributed by atoms with Crippen LogP contribution in [0.3, 0.4) is 0 Å². The molecule has 1 unspecified atom stereocenters. The summed E-state index contributed by atoms with van der Waals surface area (Å²) in [5.74, 6) is 1.66. The minimum Gasteiger partial charge on any atom is -0.381 e. The molecule has 0 amide bonds. The monoisotopic (exact) mass is 114 g/mol. The summed E-state index contributed by atoms with van der Waals surface area (Å²) >= 11 is 0. The molecule has 0 aromatic carbocycles. The van der Waals surface area contributed by atoms with Crippen LogP contribution in [0.15, 0.2) is 0 Å². The molecule has 0 N–H and O–H groups in total. The smallest absolute Gasteiger partial charge is 0.0497 e. The second kappa shape index (κ2) is 2.49. The van der Waals surface area contributed by atoms with Crippen molar-refractivity contribution in [3.63, 3.8) is 0 Å². The average molecular weight is 114 g/mol. The van der Waals surface area contributed by atoms with Crippen molar-refractivity contribution in [2.45, 2.75) is 20.3 Å². The highest BCUT2D eigenvalue weighted by Crippen LogP contribution is 2.20. The fourth-order valence-electron chi connectivity index (χ4n) is 1.08. The van der Waals surface area contributed by atoms with Gasteiger partial charge in [-0.3, -0.25) is 0 Å². The first-order chi connectivity index (χ1) is 3.80. The first kappa shape index (κ1) is 6.09. The average Bonchev–Trinajstić information content (AvgIpc) is 2.12. The zero-order valence-electron chi connectivity index (χ0n) is 5.68. The summed E-state index contributed by atoms with van der Waals surface area (Å²) in [6.07, 6.45) is 1.28. The van der Waals surface area contributed by atoms with E-state index in [1.807, 2.05) is 0 Å². The van der Waals surface area contributed by atoms with Gasteiger partial charge < -0.3 is 4.74 Å². The lowest BCUT2D eigenvalue weighted by molar-refractivity contribution is 0.177. The van der Waals surface area contributed by atoms with Gasteiger partial charge in [0.2, 0.25) is 0 Å². The van der Waals surface area contributed by atoms with Crippen LogP contribution in [0, 0.1) is 11.8 Å². The molecule has 1 heteroatoms. The summed E-state index contributed by atoms with van der Waals surface area (Å²) in [6.45, 7) is 6.51. The van der Waals surface area contributed by atoms with Gasteiger partial charge in [-0.05, 0) is 18.3 Å². The number of rotatable bonds is 1. The highest BCUT2D eigenvalue weighted by Gasteiger charge is 2.17. The van der Waals surface area contributed by atoms with E-state index < -0.39 is 0 Å². The third kappa shape index (κ3) is 1.22. The summed E-state index contributed by atoms with van der Waals surface area (Å²) < 4.78 is 5.22. The standard InChI is InChI=1S/C7H14O/c1-6(2)7-3-4-8-5-7/h6-7H,3-5H2,1-2H3. The lowest BCUT2D eigenvalue weighted by atomic mass is 9.96. The van der Waals surface area contributed by atoms with Gasteiger partial charge >= 0.3 is 0 Å². The van der Waals surface area contributed by atoms with Gasteiger partial charge in [0.25, 0.3) is 0 Å². The highest BCUT2D eigenvalue weighted by atomic mass is 16.5. The maximum absolute atomic E-state index is 5.22. The number of hydrogen-bond donors (Lipinski definition) is 0. The Morgan fingerprint density at radius 2 is 2.25 bits per heavy atom. The molecular weight excluding hydrogens is 100 g/mol. The third-order valence-corrected chi connectivity index (χ3v) is 1.91. The lowest BCUT2D eigenvalue weighted by Gasteiger charge is -2.09. The molecule has 0 radical (unpaired) electrons. The SMILES string of the molecule is CC(C)C1CCOC1. The summed E-state index contributed by atoms with van der Waals surface area (Å²) in [7, 11) is 0. The molecule has 1 rings (SSSR count). The summed E-state index contributed by atoms with van der Waals surface area (Å²) in [4.78, 5) is 0. The summed E-state index contributed by atoms with van der Waals surface area (Å²) in [6, 6.07) is 0. The van der Waals surface area contributed by atoms with Gasteiger partial charge in [-0.15, -0.1) is 0 Å². The van der Waals surface area contributed by atoms with Gasteiger partial charge in [0.15, 0.2) is 0 Å².